The maximum atomic E-state index is 11.7. The second-order valence-electron chi connectivity index (χ2n) is 4.78. The van der Waals surface area contributed by atoms with E-state index in [1.54, 1.807) is 36.0 Å². The normalized spacial score (nSPS) is 13.5. The Balaban J connectivity index is 1.51. The highest BCUT2D eigenvalue weighted by Gasteiger charge is 2.10. The van der Waals surface area contributed by atoms with Crippen LogP contribution in [0.15, 0.2) is 53.5 Å². The largest absolute Gasteiger partial charge is 0.482 e. The Morgan fingerprint density at radius 2 is 1.78 bits per heavy atom. The molecule has 0 unspecified atom stereocenters. The molecule has 0 atom stereocenters. The zero-order valence-electron chi connectivity index (χ0n) is 12.2. The lowest BCUT2D eigenvalue weighted by molar-refractivity contribution is -0.136. The van der Waals surface area contributed by atoms with Crippen molar-refractivity contribution < 1.29 is 14.3 Å². The standard InChI is InChI=1S/C17H14ClNO3S/c18-13-3-7-15(8-4-13)22-16(20)11-21-14-5-1-12(2-6-14)17-19-9-10-23-17/h1-8H,9-11H2. The molecular weight excluding hydrogens is 334 g/mol. The van der Waals surface area contributed by atoms with Crippen molar-refractivity contribution in [2.45, 2.75) is 0 Å². The zero-order valence-corrected chi connectivity index (χ0v) is 13.8. The van der Waals surface area contributed by atoms with Gasteiger partial charge >= 0.3 is 5.97 Å². The van der Waals surface area contributed by atoms with Gasteiger partial charge in [0.05, 0.1) is 5.04 Å². The average Bonchev–Trinajstić information content (AvgIpc) is 3.10. The molecule has 1 aliphatic rings. The second kappa shape index (κ2) is 7.53. The van der Waals surface area contributed by atoms with E-state index in [1.807, 2.05) is 24.3 Å². The smallest absolute Gasteiger partial charge is 0.349 e. The third-order valence-corrected chi connectivity index (χ3v) is 4.37. The average molecular weight is 348 g/mol. The minimum absolute atomic E-state index is 0.155. The number of carbonyl (C=O) groups is 1. The predicted octanol–water partition coefficient (Wildman–Crippen LogP) is 3.82. The molecule has 23 heavy (non-hydrogen) atoms. The summed E-state index contributed by atoms with van der Waals surface area (Å²) in [4.78, 5) is 16.2. The Morgan fingerprint density at radius 1 is 1.09 bits per heavy atom. The second-order valence-corrected chi connectivity index (χ2v) is 6.30. The minimum atomic E-state index is -0.466. The van der Waals surface area contributed by atoms with Crippen LogP contribution in [-0.4, -0.2) is 29.9 Å². The van der Waals surface area contributed by atoms with Gasteiger partial charge in [-0.2, -0.15) is 0 Å². The van der Waals surface area contributed by atoms with Gasteiger partial charge in [-0.25, -0.2) is 4.79 Å². The summed E-state index contributed by atoms with van der Waals surface area (Å²) in [5.74, 6) is 1.62. The van der Waals surface area contributed by atoms with E-state index < -0.39 is 5.97 Å². The van der Waals surface area contributed by atoms with Gasteiger partial charge in [-0.1, -0.05) is 11.6 Å². The molecule has 6 heteroatoms. The fourth-order valence-corrected chi connectivity index (χ4v) is 3.00. The summed E-state index contributed by atoms with van der Waals surface area (Å²) in [6.07, 6.45) is 0. The van der Waals surface area contributed by atoms with Gasteiger partial charge in [-0.15, -0.1) is 11.8 Å². The number of benzene rings is 2. The van der Waals surface area contributed by atoms with E-state index in [9.17, 15) is 4.79 Å². The molecule has 0 spiro atoms. The number of esters is 1. The van der Waals surface area contributed by atoms with Crippen LogP contribution in [-0.2, 0) is 4.79 Å². The number of carbonyl (C=O) groups excluding carboxylic acids is 1. The van der Waals surface area contributed by atoms with Gasteiger partial charge in [0.2, 0.25) is 0 Å². The van der Waals surface area contributed by atoms with E-state index in [4.69, 9.17) is 21.1 Å². The van der Waals surface area contributed by atoms with Gasteiger partial charge in [-0.05, 0) is 48.5 Å². The molecule has 2 aromatic carbocycles. The first-order valence-corrected chi connectivity index (χ1v) is 8.44. The van der Waals surface area contributed by atoms with Crippen LogP contribution in [0.25, 0.3) is 0 Å². The molecule has 0 fully saturated rings. The maximum Gasteiger partial charge on any atom is 0.349 e. The molecular formula is C17H14ClNO3S. The Labute approximate surface area is 143 Å². The summed E-state index contributed by atoms with van der Waals surface area (Å²) < 4.78 is 10.6. The van der Waals surface area contributed by atoms with E-state index in [0.717, 1.165) is 22.9 Å². The number of hydrogen-bond donors (Lipinski definition) is 0. The topological polar surface area (TPSA) is 47.9 Å². The summed E-state index contributed by atoms with van der Waals surface area (Å²) >= 11 is 7.52. The van der Waals surface area contributed by atoms with E-state index in [0.29, 0.717) is 16.5 Å². The first kappa shape index (κ1) is 15.9. The first-order chi connectivity index (χ1) is 11.2. The third kappa shape index (κ3) is 4.50. The monoisotopic (exact) mass is 347 g/mol. The molecule has 118 valence electrons. The third-order valence-electron chi connectivity index (χ3n) is 3.09. The molecule has 0 bridgehead atoms. The summed E-state index contributed by atoms with van der Waals surface area (Å²) in [6.45, 7) is 0.715. The highest BCUT2D eigenvalue weighted by Crippen LogP contribution is 2.21. The molecule has 3 rings (SSSR count). The van der Waals surface area contributed by atoms with E-state index in [2.05, 4.69) is 4.99 Å². The van der Waals surface area contributed by atoms with Crippen molar-refractivity contribution in [3.05, 3.63) is 59.1 Å². The van der Waals surface area contributed by atoms with Crippen LogP contribution in [0, 0.1) is 0 Å². The van der Waals surface area contributed by atoms with Crippen molar-refractivity contribution in [1.29, 1.82) is 0 Å². The lowest BCUT2D eigenvalue weighted by atomic mass is 10.2. The molecule has 0 amide bonds. The van der Waals surface area contributed by atoms with Crippen LogP contribution in [0.4, 0.5) is 0 Å². The summed E-state index contributed by atoms with van der Waals surface area (Å²) in [6, 6.07) is 14.1. The highest BCUT2D eigenvalue weighted by molar-refractivity contribution is 8.14. The number of hydrogen-bond acceptors (Lipinski definition) is 5. The quantitative estimate of drug-likeness (QED) is 0.609. The SMILES string of the molecule is O=C(COc1ccc(C2=NCCS2)cc1)Oc1ccc(Cl)cc1. The van der Waals surface area contributed by atoms with E-state index in [-0.39, 0.29) is 6.61 Å². The van der Waals surface area contributed by atoms with Crippen LogP contribution < -0.4 is 9.47 Å². The summed E-state index contributed by atoms with van der Waals surface area (Å²) in [7, 11) is 0. The molecule has 4 nitrogen and oxygen atoms in total. The Morgan fingerprint density at radius 3 is 2.43 bits per heavy atom. The van der Waals surface area contributed by atoms with Crippen LogP contribution in [0.1, 0.15) is 5.56 Å². The Hall–Kier alpha value is -1.98. The molecule has 0 aliphatic carbocycles. The van der Waals surface area contributed by atoms with Crippen molar-refractivity contribution in [1.82, 2.24) is 0 Å². The van der Waals surface area contributed by atoms with Gasteiger partial charge in [-0.3, -0.25) is 4.99 Å². The molecule has 0 N–H and O–H groups in total. The van der Waals surface area contributed by atoms with Crippen molar-refractivity contribution in [3.63, 3.8) is 0 Å². The van der Waals surface area contributed by atoms with Crippen molar-refractivity contribution in [3.8, 4) is 11.5 Å². The molecule has 0 saturated heterocycles. The van der Waals surface area contributed by atoms with E-state index >= 15 is 0 Å². The Kier molecular flexibility index (Phi) is 5.20. The zero-order chi connectivity index (χ0) is 16.1. The van der Waals surface area contributed by atoms with Crippen LogP contribution in [0.5, 0.6) is 11.5 Å². The molecule has 0 radical (unpaired) electrons. The first-order valence-electron chi connectivity index (χ1n) is 7.07. The van der Waals surface area contributed by atoms with Crippen LogP contribution in [0.3, 0.4) is 0 Å². The van der Waals surface area contributed by atoms with Gasteiger partial charge < -0.3 is 9.47 Å². The fraction of sp³-hybridized carbons (Fsp3) is 0.176. The van der Waals surface area contributed by atoms with Gasteiger partial charge in [0.15, 0.2) is 6.61 Å². The molecule has 1 heterocycles. The molecule has 1 aliphatic heterocycles. The van der Waals surface area contributed by atoms with Crippen molar-refractivity contribution in [2.75, 3.05) is 18.9 Å². The summed E-state index contributed by atoms with van der Waals surface area (Å²) in [5, 5.41) is 1.64. The van der Waals surface area contributed by atoms with E-state index in [1.165, 1.54) is 0 Å². The van der Waals surface area contributed by atoms with Crippen LogP contribution >= 0.6 is 23.4 Å². The lowest BCUT2D eigenvalue weighted by Crippen LogP contribution is -2.17. The lowest BCUT2D eigenvalue weighted by Gasteiger charge is -2.07. The number of nitrogens with zero attached hydrogens (tertiary/aromatic N) is 1. The minimum Gasteiger partial charge on any atom is -0.482 e. The molecule has 0 saturated carbocycles. The van der Waals surface area contributed by atoms with Crippen molar-refractivity contribution >= 4 is 34.4 Å². The molecule has 2 aromatic rings. The highest BCUT2D eigenvalue weighted by atomic mass is 35.5. The number of ether oxygens (including phenoxy) is 2. The number of aliphatic imine (C=N–C) groups is 1. The van der Waals surface area contributed by atoms with Gasteiger partial charge in [0.25, 0.3) is 0 Å². The summed E-state index contributed by atoms with van der Waals surface area (Å²) in [5.41, 5.74) is 1.07. The molecule has 0 aromatic heterocycles. The predicted molar refractivity (Wildman–Crippen MR) is 92.9 cm³/mol. The number of halogens is 1. The maximum absolute atomic E-state index is 11.7. The number of rotatable bonds is 5. The Bertz CT molecular complexity index is 714. The van der Waals surface area contributed by atoms with Gasteiger partial charge in [0.1, 0.15) is 11.5 Å². The van der Waals surface area contributed by atoms with Crippen LogP contribution in [0.2, 0.25) is 5.02 Å². The van der Waals surface area contributed by atoms with Crippen molar-refractivity contribution in [2.24, 2.45) is 4.99 Å². The fourth-order valence-electron chi connectivity index (χ4n) is 2.01. The van der Waals surface area contributed by atoms with Gasteiger partial charge in [0, 0.05) is 22.9 Å². The number of thioether (sulfide) groups is 1.